The van der Waals surface area contributed by atoms with Gasteiger partial charge in [-0.2, -0.15) is 0 Å². The number of hydrogen-bond donors (Lipinski definition) is 3. The van der Waals surface area contributed by atoms with Gasteiger partial charge in [-0.15, -0.1) is 0 Å². The molecule has 2 aromatic carbocycles. The van der Waals surface area contributed by atoms with Crippen LogP contribution in [0.3, 0.4) is 0 Å². The molecule has 0 amide bonds. The second kappa shape index (κ2) is 11.2. The van der Waals surface area contributed by atoms with Crippen molar-refractivity contribution in [3.63, 3.8) is 0 Å². The van der Waals surface area contributed by atoms with Crippen LogP contribution in [0, 0.1) is 0 Å². The Morgan fingerprint density at radius 2 is 1.97 bits per heavy atom. The van der Waals surface area contributed by atoms with Crippen LogP contribution in [0.2, 0.25) is 0 Å². The molecule has 172 valence electrons. The SMILES string of the molecule is CCOC(=O)C(Nc1ccc(/C(N)=N\O)cc1)c1cc(OCC)cc(O[C@H]2CCOC2)c1. The number of nitrogens with zero attached hydrogens (tertiary/aromatic N) is 1. The normalized spacial score (nSPS) is 16.9. The number of esters is 1. The number of benzene rings is 2. The molecule has 1 unspecified atom stereocenters. The fraction of sp³-hybridized carbons (Fsp3) is 0.391. The van der Waals surface area contributed by atoms with Crippen molar-refractivity contribution in [2.45, 2.75) is 32.4 Å². The van der Waals surface area contributed by atoms with Gasteiger partial charge in [-0.25, -0.2) is 4.79 Å². The standard InChI is InChI=1S/C23H29N3O6/c1-3-30-19-11-16(12-20(13-19)32-18-9-10-29-14-18)21(23(27)31-4-2)25-17-7-5-15(6-8-17)22(24)26-28/h5-8,11-13,18,21,25,28H,3-4,9-10,14H2,1-2H3,(H2,24,26)/t18-,21?/m0/s1. The Labute approximate surface area is 187 Å². The quantitative estimate of drug-likeness (QED) is 0.168. The van der Waals surface area contributed by atoms with E-state index in [1.807, 2.05) is 6.92 Å². The summed E-state index contributed by atoms with van der Waals surface area (Å²) < 4.78 is 22.5. The highest BCUT2D eigenvalue weighted by molar-refractivity contribution is 5.97. The zero-order valence-corrected chi connectivity index (χ0v) is 18.2. The Morgan fingerprint density at radius 3 is 2.59 bits per heavy atom. The minimum atomic E-state index is -0.799. The molecule has 32 heavy (non-hydrogen) atoms. The molecule has 0 spiro atoms. The van der Waals surface area contributed by atoms with Crippen LogP contribution < -0.4 is 20.5 Å². The molecule has 0 aliphatic carbocycles. The van der Waals surface area contributed by atoms with Crippen LogP contribution in [0.4, 0.5) is 5.69 Å². The Balaban J connectivity index is 1.91. The minimum Gasteiger partial charge on any atom is -0.494 e. The van der Waals surface area contributed by atoms with Gasteiger partial charge in [0.2, 0.25) is 0 Å². The Kier molecular flexibility index (Phi) is 8.15. The van der Waals surface area contributed by atoms with E-state index in [1.54, 1.807) is 49.4 Å². The molecule has 0 aromatic heterocycles. The Morgan fingerprint density at radius 1 is 1.22 bits per heavy atom. The molecule has 0 saturated carbocycles. The van der Waals surface area contributed by atoms with E-state index in [2.05, 4.69) is 10.5 Å². The predicted octanol–water partition coefficient (Wildman–Crippen LogP) is 3.06. The van der Waals surface area contributed by atoms with Crippen molar-refractivity contribution < 1.29 is 28.9 Å². The molecule has 1 fully saturated rings. The number of ether oxygens (including phenoxy) is 4. The van der Waals surface area contributed by atoms with Gasteiger partial charge >= 0.3 is 5.97 Å². The van der Waals surface area contributed by atoms with Crippen molar-refractivity contribution >= 4 is 17.5 Å². The smallest absolute Gasteiger partial charge is 0.333 e. The van der Waals surface area contributed by atoms with E-state index in [-0.39, 0.29) is 18.5 Å². The maximum Gasteiger partial charge on any atom is 0.333 e. The summed E-state index contributed by atoms with van der Waals surface area (Å²) in [6.07, 6.45) is 0.764. The highest BCUT2D eigenvalue weighted by Crippen LogP contribution is 2.31. The van der Waals surface area contributed by atoms with Crippen LogP contribution in [-0.4, -0.2) is 49.5 Å². The molecule has 1 aliphatic rings. The van der Waals surface area contributed by atoms with Crippen LogP contribution in [0.25, 0.3) is 0 Å². The molecular weight excluding hydrogens is 414 g/mol. The minimum absolute atomic E-state index is 0.000547. The van der Waals surface area contributed by atoms with Crippen molar-refractivity contribution in [1.82, 2.24) is 0 Å². The summed E-state index contributed by atoms with van der Waals surface area (Å²) >= 11 is 0. The number of nitrogens with two attached hydrogens (primary N) is 1. The van der Waals surface area contributed by atoms with Gasteiger partial charge in [-0.3, -0.25) is 0 Å². The highest BCUT2D eigenvalue weighted by atomic mass is 16.5. The summed E-state index contributed by atoms with van der Waals surface area (Å²) in [6.45, 7) is 5.56. The first-order valence-electron chi connectivity index (χ1n) is 10.6. The summed E-state index contributed by atoms with van der Waals surface area (Å²) in [7, 11) is 0. The first kappa shape index (κ1) is 23.2. The van der Waals surface area contributed by atoms with Crippen molar-refractivity contribution in [3.05, 3.63) is 53.6 Å². The first-order valence-corrected chi connectivity index (χ1v) is 10.6. The molecule has 2 atom stereocenters. The second-order valence-electron chi connectivity index (χ2n) is 7.17. The summed E-state index contributed by atoms with van der Waals surface area (Å²) in [4.78, 5) is 12.8. The third-order valence-electron chi connectivity index (χ3n) is 4.86. The van der Waals surface area contributed by atoms with Crippen molar-refractivity contribution in [3.8, 4) is 11.5 Å². The van der Waals surface area contributed by atoms with Gasteiger partial charge in [-0.05, 0) is 55.8 Å². The lowest BCUT2D eigenvalue weighted by molar-refractivity contribution is -0.144. The lowest BCUT2D eigenvalue weighted by Crippen LogP contribution is -2.24. The molecule has 1 aliphatic heterocycles. The summed E-state index contributed by atoms with van der Waals surface area (Å²) in [6, 6.07) is 11.4. The number of rotatable bonds is 10. The predicted molar refractivity (Wildman–Crippen MR) is 119 cm³/mol. The topological polar surface area (TPSA) is 125 Å². The molecule has 9 heteroatoms. The third kappa shape index (κ3) is 6.04. The monoisotopic (exact) mass is 443 g/mol. The van der Waals surface area contributed by atoms with Gasteiger partial charge in [0.15, 0.2) is 11.9 Å². The van der Waals surface area contributed by atoms with E-state index in [4.69, 9.17) is 29.9 Å². The second-order valence-corrected chi connectivity index (χ2v) is 7.17. The van der Waals surface area contributed by atoms with Crippen LogP contribution in [-0.2, 0) is 14.3 Å². The molecule has 0 radical (unpaired) electrons. The third-order valence-corrected chi connectivity index (χ3v) is 4.86. The molecule has 3 rings (SSSR count). The van der Waals surface area contributed by atoms with Crippen molar-refractivity contribution in [1.29, 1.82) is 0 Å². The van der Waals surface area contributed by atoms with Crippen LogP contribution in [0.1, 0.15) is 37.4 Å². The highest BCUT2D eigenvalue weighted by Gasteiger charge is 2.25. The number of nitrogens with one attached hydrogen (secondary N) is 1. The van der Waals surface area contributed by atoms with E-state index in [9.17, 15) is 4.79 Å². The maximum absolute atomic E-state index is 12.8. The molecule has 9 nitrogen and oxygen atoms in total. The van der Waals surface area contributed by atoms with Crippen molar-refractivity contribution in [2.24, 2.45) is 10.9 Å². The average molecular weight is 444 g/mol. The van der Waals surface area contributed by atoms with E-state index in [0.29, 0.717) is 48.1 Å². The van der Waals surface area contributed by atoms with Crippen LogP contribution >= 0.6 is 0 Å². The maximum atomic E-state index is 12.8. The van der Waals surface area contributed by atoms with E-state index < -0.39 is 12.0 Å². The number of amidine groups is 1. The summed E-state index contributed by atoms with van der Waals surface area (Å²) in [5.74, 6) is 0.759. The molecule has 2 aromatic rings. The fourth-order valence-corrected chi connectivity index (χ4v) is 3.34. The zero-order chi connectivity index (χ0) is 22.9. The molecule has 1 heterocycles. The largest absolute Gasteiger partial charge is 0.494 e. The van der Waals surface area contributed by atoms with Gasteiger partial charge in [0, 0.05) is 23.7 Å². The van der Waals surface area contributed by atoms with E-state index >= 15 is 0 Å². The van der Waals surface area contributed by atoms with Gasteiger partial charge in [0.05, 0.1) is 26.4 Å². The summed E-state index contributed by atoms with van der Waals surface area (Å²) in [5, 5.41) is 15.0. The number of carbonyl (C=O) groups excluding carboxylic acids is 1. The van der Waals surface area contributed by atoms with Crippen LogP contribution in [0.5, 0.6) is 11.5 Å². The van der Waals surface area contributed by atoms with E-state index in [0.717, 1.165) is 6.42 Å². The van der Waals surface area contributed by atoms with Gasteiger partial charge in [-0.1, -0.05) is 5.16 Å². The molecule has 4 N–H and O–H groups in total. The number of carbonyl (C=O) groups is 1. The van der Waals surface area contributed by atoms with Crippen molar-refractivity contribution in [2.75, 3.05) is 31.7 Å². The van der Waals surface area contributed by atoms with Gasteiger partial charge < -0.3 is 35.2 Å². The lowest BCUT2D eigenvalue weighted by atomic mass is 10.0. The fourth-order valence-electron chi connectivity index (χ4n) is 3.34. The van der Waals surface area contributed by atoms with Crippen LogP contribution in [0.15, 0.2) is 47.6 Å². The van der Waals surface area contributed by atoms with Gasteiger partial charge in [0.25, 0.3) is 0 Å². The average Bonchev–Trinajstić information content (AvgIpc) is 3.30. The first-order chi connectivity index (χ1) is 15.5. The summed E-state index contributed by atoms with van der Waals surface area (Å²) in [5.41, 5.74) is 7.48. The molecule has 1 saturated heterocycles. The number of oxime groups is 1. The van der Waals surface area contributed by atoms with E-state index in [1.165, 1.54) is 0 Å². The number of anilines is 1. The molecular formula is C23H29N3O6. The Bertz CT molecular complexity index is 926. The Hall–Kier alpha value is -3.46. The lowest BCUT2D eigenvalue weighted by Gasteiger charge is -2.21. The zero-order valence-electron chi connectivity index (χ0n) is 18.2. The molecule has 0 bridgehead atoms. The number of hydrogen-bond acceptors (Lipinski definition) is 8. The van der Waals surface area contributed by atoms with Gasteiger partial charge in [0.1, 0.15) is 17.6 Å².